The van der Waals surface area contributed by atoms with Gasteiger partial charge in [-0.25, -0.2) is 0 Å². The fourth-order valence-electron chi connectivity index (χ4n) is 2.81. The largest absolute Gasteiger partial charge is 0.348 e. The average Bonchev–Trinajstić information content (AvgIpc) is 2.95. The second-order valence-corrected chi connectivity index (χ2v) is 7.20. The van der Waals surface area contributed by atoms with E-state index >= 15 is 0 Å². The third kappa shape index (κ3) is 3.58. The molecule has 0 spiro atoms. The van der Waals surface area contributed by atoms with Gasteiger partial charge in [-0.05, 0) is 48.3 Å². The van der Waals surface area contributed by atoms with Crippen LogP contribution in [0.4, 0.5) is 5.69 Å². The number of fused-ring (bicyclic) bond motifs is 1. The van der Waals surface area contributed by atoms with E-state index < -0.39 is 0 Å². The van der Waals surface area contributed by atoms with Gasteiger partial charge in [0.1, 0.15) is 0 Å². The Bertz CT molecular complexity index is 715. The maximum absolute atomic E-state index is 6.06. The number of benzene rings is 2. The molecule has 120 valence electrons. The Balaban J connectivity index is 1.70. The molecule has 0 saturated heterocycles. The molecule has 0 atom stereocenters. The molecule has 1 N–H and O–H groups in total. The van der Waals surface area contributed by atoms with Crippen LogP contribution >= 0.6 is 47.0 Å². The summed E-state index contributed by atoms with van der Waals surface area (Å²) in [6, 6.07) is 12.3. The van der Waals surface area contributed by atoms with Crippen molar-refractivity contribution in [2.75, 3.05) is 12.4 Å². The summed E-state index contributed by atoms with van der Waals surface area (Å²) in [4.78, 5) is 2.09. The fourth-order valence-corrected chi connectivity index (χ4v) is 3.68. The predicted octanol–water partition coefficient (Wildman–Crippen LogP) is 5.44. The molecule has 0 bridgehead atoms. The van der Waals surface area contributed by atoms with Crippen molar-refractivity contribution in [2.45, 2.75) is 18.9 Å². The van der Waals surface area contributed by atoms with Gasteiger partial charge in [-0.3, -0.25) is 0 Å². The zero-order chi connectivity index (χ0) is 16.6. The first kappa shape index (κ1) is 16.8. The maximum atomic E-state index is 6.06. The van der Waals surface area contributed by atoms with Gasteiger partial charge in [-0.1, -0.05) is 59.1 Å². The SMILES string of the molecule is CN(C(=S)Nc1cc(Cl)c(Cl)c(Cl)c1)C1Cc2ccccc2C1. The van der Waals surface area contributed by atoms with Crippen molar-refractivity contribution in [1.82, 2.24) is 4.90 Å². The van der Waals surface area contributed by atoms with E-state index in [-0.39, 0.29) is 0 Å². The molecule has 0 amide bonds. The van der Waals surface area contributed by atoms with E-state index in [2.05, 4.69) is 34.5 Å². The topological polar surface area (TPSA) is 15.3 Å². The molecule has 0 aliphatic heterocycles. The molecule has 0 unspecified atom stereocenters. The van der Waals surface area contributed by atoms with Gasteiger partial charge in [0.2, 0.25) is 0 Å². The van der Waals surface area contributed by atoms with Crippen molar-refractivity contribution >= 4 is 57.8 Å². The summed E-state index contributed by atoms with van der Waals surface area (Å²) in [7, 11) is 2.00. The summed E-state index contributed by atoms with van der Waals surface area (Å²) in [5.74, 6) is 0. The monoisotopic (exact) mass is 384 g/mol. The molecule has 23 heavy (non-hydrogen) atoms. The Kier molecular flexibility index (Phi) is 5.02. The molecule has 1 aliphatic rings. The number of rotatable bonds is 2. The smallest absolute Gasteiger partial charge is 0.173 e. The fraction of sp³-hybridized carbons (Fsp3) is 0.235. The van der Waals surface area contributed by atoms with Gasteiger partial charge in [-0.15, -0.1) is 0 Å². The van der Waals surface area contributed by atoms with E-state index in [0.29, 0.717) is 26.2 Å². The van der Waals surface area contributed by atoms with Crippen molar-refractivity contribution in [1.29, 1.82) is 0 Å². The van der Waals surface area contributed by atoms with Crippen LogP contribution < -0.4 is 5.32 Å². The molecule has 3 rings (SSSR count). The molecule has 6 heteroatoms. The highest BCUT2D eigenvalue weighted by Gasteiger charge is 2.25. The third-order valence-electron chi connectivity index (χ3n) is 4.13. The number of halogens is 3. The third-order valence-corrected chi connectivity index (χ3v) is 5.72. The number of nitrogens with zero attached hydrogens (tertiary/aromatic N) is 1. The molecular weight excluding hydrogens is 371 g/mol. The second kappa shape index (κ2) is 6.86. The van der Waals surface area contributed by atoms with Crippen molar-refractivity contribution < 1.29 is 0 Å². The van der Waals surface area contributed by atoms with E-state index in [1.165, 1.54) is 11.1 Å². The molecular formula is C17H15Cl3N2S. The standard InChI is InChI=1S/C17H15Cl3N2S/c1-22(13-6-10-4-2-3-5-11(10)7-13)17(23)21-12-8-14(18)16(20)15(19)9-12/h2-5,8-9,13H,6-7H2,1H3,(H,21,23). The van der Waals surface area contributed by atoms with Crippen LogP contribution in [-0.4, -0.2) is 23.1 Å². The molecule has 0 radical (unpaired) electrons. The first-order valence-electron chi connectivity index (χ1n) is 7.21. The number of anilines is 1. The van der Waals surface area contributed by atoms with Crippen LogP contribution in [-0.2, 0) is 12.8 Å². The number of hydrogen-bond donors (Lipinski definition) is 1. The summed E-state index contributed by atoms with van der Waals surface area (Å²) < 4.78 is 0. The van der Waals surface area contributed by atoms with E-state index in [1.54, 1.807) is 12.1 Å². The van der Waals surface area contributed by atoms with Crippen LogP contribution in [0.2, 0.25) is 15.1 Å². The molecule has 0 heterocycles. The summed E-state index contributed by atoms with van der Waals surface area (Å²) in [6.07, 6.45) is 1.99. The summed E-state index contributed by atoms with van der Waals surface area (Å²) in [6.45, 7) is 0. The number of hydrogen-bond acceptors (Lipinski definition) is 1. The molecule has 0 fully saturated rings. The lowest BCUT2D eigenvalue weighted by atomic mass is 10.1. The summed E-state index contributed by atoms with van der Waals surface area (Å²) in [5.41, 5.74) is 3.52. The minimum atomic E-state index is 0.351. The second-order valence-electron chi connectivity index (χ2n) is 5.63. The predicted molar refractivity (Wildman–Crippen MR) is 103 cm³/mol. The molecule has 1 aliphatic carbocycles. The highest BCUT2D eigenvalue weighted by atomic mass is 35.5. The lowest BCUT2D eigenvalue weighted by Gasteiger charge is -2.27. The average molecular weight is 386 g/mol. The minimum absolute atomic E-state index is 0.351. The van der Waals surface area contributed by atoms with Crippen LogP contribution in [0.5, 0.6) is 0 Å². The van der Waals surface area contributed by atoms with E-state index in [4.69, 9.17) is 47.0 Å². The maximum Gasteiger partial charge on any atom is 0.173 e. The Morgan fingerprint density at radius 1 is 1.09 bits per heavy atom. The molecule has 0 aromatic heterocycles. The number of nitrogens with one attached hydrogen (secondary N) is 1. The van der Waals surface area contributed by atoms with Gasteiger partial charge in [-0.2, -0.15) is 0 Å². The summed E-state index contributed by atoms with van der Waals surface area (Å²) >= 11 is 23.6. The first-order chi connectivity index (χ1) is 11.0. The van der Waals surface area contributed by atoms with Gasteiger partial charge in [0.05, 0.1) is 15.1 Å². The minimum Gasteiger partial charge on any atom is -0.348 e. The lowest BCUT2D eigenvalue weighted by molar-refractivity contribution is 0.383. The number of thiocarbonyl (C=S) groups is 1. The number of likely N-dealkylation sites (N-methyl/N-ethyl adjacent to an activating group) is 1. The normalized spacial score (nSPS) is 13.7. The van der Waals surface area contributed by atoms with Crippen molar-refractivity contribution in [3.05, 3.63) is 62.6 Å². The highest BCUT2D eigenvalue weighted by Crippen LogP contribution is 2.33. The van der Waals surface area contributed by atoms with Crippen LogP contribution in [0.1, 0.15) is 11.1 Å². The Hall–Kier alpha value is -1.00. The Labute approximate surface area is 156 Å². The van der Waals surface area contributed by atoms with Gasteiger partial charge in [0, 0.05) is 18.8 Å². The Morgan fingerprint density at radius 3 is 2.13 bits per heavy atom. The van der Waals surface area contributed by atoms with Crippen LogP contribution in [0.3, 0.4) is 0 Å². The van der Waals surface area contributed by atoms with E-state index in [0.717, 1.165) is 18.5 Å². The zero-order valence-electron chi connectivity index (χ0n) is 12.4. The van der Waals surface area contributed by atoms with Gasteiger partial charge in [0.15, 0.2) is 5.11 Å². The van der Waals surface area contributed by atoms with Crippen molar-refractivity contribution in [3.63, 3.8) is 0 Å². The van der Waals surface area contributed by atoms with E-state index in [1.807, 2.05) is 7.05 Å². The molecule has 2 aromatic carbocycles. The van der Waals surface area contributed by atoms with Crippen molar-refractivity contribution in [3.8, 4) is 0 Å². The van der Waals surface area contributed by atoms with Crippen LogP contribution in [0.15, 0.2) is 36.4 Å². The molecule has 0 saturated carbocycles. The van der Waals surface area contributed by atoms with Gasteiger partial charge < -0.3 is 10.2 Å². The first-order valence-corrected chi connectivity index (χ1v) is 8.75. The van der Waals surface area contributed by atoms with Gasteiger partial charge >= 0.3 is 0 Å². The van der Waals surface area contributed by atoms with Crippen molar-refractivity contribution in [2.24, 2.45) is 0 Å². The van der Waals surface area contributed by atoms with Gasteiger partial charge in [0.25, 0.3) is 0 Å². The Morgan fingerprint density at radius 2 is 1.61 bits per heavy atom. The lowest BCUT2D eigenvalue weighted by Crippen LogP contribution is -2.40. The van der Waals surface area contributed by atoms with E-state index in [9.17, 15) is 0 Å². The molecule has 2 nitrogen and oxygen atoms in total. The molecule has 2 aromatic rings. The van der Waals surface area contributed by atoms with Crippen LogP contribution in [0.25, 0.3) is 0 Å². The van der Waals surface area contributed by atoms with Crippen LogP contribution in [0, 0.1) is 0 Å². The zero-order valence-corrected chi connectivity index (χ0v) is 15.5. The summed E-state index contributed by atoms with van der Waals surface area (Å²) in [5, 5.41) is 4.98. The highest BCUT2D eigenvalue weighted by molar-refractivity contribution is 7.80. The quantitative estimate of drug-likeness (QED) is 0.547.